The summed E-state index contributed by atoms with van der Waals surface area (Å²) < 4.78 is 10.9. The van der Waals surface area contributed by atoms with E-state index in [9.17, 15) is 9.90 Å². The van der Waals surface area contributed by atoms with Gasteiger partial charge in [0, 0.05) is 0 Å². The number of esters is 1. The molecule has 1 N–H and O–H groups in total. The van der Waals surface area contributed by atoms with Gasteiger partial charge in [-0.05, 0) is 69.6 Å². The molecule has 3 rings (SSSR count). The molecule has 1 saturated heterocycles. The molecule has 0 spiro atoms. The molecule has 3 aliphatic rings. The number of aliphatic hydroxyl groups is 1. The molecule has 1 saturated carbocycles. The van der Waals surface area contributed by atoms with Crippen molar-refractivity contribution < 1.29 is 19.4 Å². The van der Waals surface area contributed by atoms with E-state index in [0.717, 1.165) is 38.5 Å². The first-order valence-electron chi connectivity index (χ1n) is 9.79. The number of methoxy groups -OCH3 is 1. The van der Waals surface area contributed by atoms with Crippen molar-refractivity contribution in [2.75, 3.05) is 13.7 Å². The Morgan fingerprint density at radius 3 is 2.64 bits per heavy atom. The quantitative estimate of drug-likeness (QED) is 0.464. The standard InChI is InChI=1S/C21H34O4/c1-14-8-9-16-15(7-6-10-20(16,3)18(23)24-5)19(14,2)11-12-21(4)17(13-22)25-21/h7,14,16-17,22H,6,8-13H2,1-5H3/t14-,16?,17+,19+,20?,21+/m1/s1. The molecule has 6 atom stereocenters. The molecule has 0 aromatic rings. The highest BCUT2D eigenvalue weighted by molar-refractivity contribution is 5.77. The average molecular weight is 350 g/mol. The van der Waals surface area contributed by atoms with Gasteiger partial charge in [0.05, 0.1) is 24.7 Å². The van der Waals surface area contributed by atoms with Crippen molar-refractivity contribution in [2.24, 2.45) is 22.7 Å². The molecule has 25 heavy (non-hydrogen) atoms. The summed E-state index contributed by atoms with van der Waals surface area (Å²) in [5, 5.41) is 9.35. The zero-order chi connectivity index (χ0) is 18.5. The zero-order valence-electron chi connectivity index (χ0n) is 16.4. The Hall–Kier alpha value is -0.870. The van der Waals surface area contributed by atoms with Crippen molar-refractivity contribution in [1.29, 1.82) is 0 Å². The molecular weight excluding hydrogens is 316 g/mol. The minimum absolute atomic E-state index is 0.00790. The highest BCUT2D eigenvalue weighted by Gasteiger charge is 2.56. The molecule has 0 radical (unpaired) electrons. The predicted molar refractivity (Wildman–Crippen MR) is 97.0 cm³/mol. The normalized spacial score (nSPS) is 46.2. The highest BCUT2D eigenvalue weighted by Crippen LogP contribution is 2.59. The van der Waals surface area contributed by atoms with Gasteiger partial charge in [0.15, 0.2) is 0 Å². The van der Waals surface area contributed by atoms with Gasteiger partial charge < -0.3 is 14.6 Å². The van der Waals surface area contributed by atoms with Crippen LogP contribution in [0.4, 0.5) is 0 Å². The molecule has 1 aliphatic heterocycles. The van der Waals surface area contributed by atoms with E-state index >= 15 is 0 Å². The van der Waals surface area contributed by atoms with Crippen molar-refractivity contribution in [3.05, 3.63) is 11.6 Å². The number of carbonyl (C=O) groups is 1. The van der Waals surface area contributed by atoms with Crippen LogP contribution in [-0.4, -0.2) is 36.5 Å². The largest absolute Gasteiger partial charge is 0.469 e. The molecular formula is C21H34O4. The SMILES string of the molecule is COC(=O)C1(C)CCC=C2C1CC[C@@H](C)[C@]2(C)CC[C@]1(C)O[C@H]1CO. The molecule has 2 unspecified atom stereocenters. The second-order valence-electron chi connectivity index (χ2n) is 9.16. The van der Waals surface area contributed by atoms with Gasteiger partial charge in [-0.15, -0.1) is 0 Å². The van der Waals surface area contributed by atoms with Gasteiger partial charge in [0.2, 0.25) is 0 Å². The summed E-state index contributed by atoms with van der Waals surface area (Å²) in [7, 11) is 1.51. The topological polar surface area (TPSA) is 59.1 Å². The van der Waals surface area contributed by atoms with E-state index in [2.05, 4.69) is 33.8 Å². The maximum Gasteiger partial charge on any atom is 0.312 e. The van der Waals surface area contributed by atoms with Crippen LogP contribution in [0.3, 0.4) is 0 Å². The van der Waals surface area contributed by atoms with E-state index in [-0.39, 0.29) is 35.6 Å². The third kappa shape index (κ3) is 2.95. The van der Waals surface area contributed by atoms with Gasteiger partial charge in [-0.3, -0.25) is 4.79 Å². The van der Waals surface area contributed by atoms with Crippen LogP contribution in [0.2, 0.25) is 0 Å². The Labute approximate surface area is 152 Å². The van der Waals surface area contributed by atoms with Gasteiger partial charge in [-0.2, -0.15) is 0 Å². The molecule has 4 heteroatoms. The lowest BCUT2D eigenvalue weighted by molar-refractivity contribution is -0.156. The molecule has 2 fully saturated rings. The van der Waals surface area contributed by atoms with Gasteiger partial charge in [0.25, 0.3) is 0 Å². The highest BCUT2D eigenvalue weighted by atomic mass is 16.6. The Balaban J connectivity index is 1.83. The summed E-state index contributed by atoms with van der Waals surface area (Å²) >= 11 is 0. The number of hydrogen-bond donors (Lipinski definition) is 1. The monoisotopic (exact) mass is 350 g/mol. The second kappa shape index (κ2) is 6.38. The first-order chi connectivity index (χ1) is 11.7. The Morgan fingerprint density at radius 1 is 1.32 bits per heavy atom. The number of fused-ring (bicyclic) bond motifs is 1. The maximum absolute atomic E-state index is 12.5. The zero-order valence-corrected chi connectivity index (χ0v) is 16.4. The van der Waals surface area contributed by atoms with Crippen molar-refractivity contribution in [3.8, 4) is 0 Å². The summed E-state index contributed by atoms with van der Waals surface area (Å²) in [6.07, 6.45) is 8.45. The Bertz CT molecular complexity index is 570. The number of allylic oxidation sites excluding steroid dienone is 2. The Morgan fingerprint density at radius 2 is 2.04 bits per heavy atom. The van der Waals surface area contributed by atoms with Gasteiger partial charge in [0.1, 0.15) is 6.10 Å². The first-order valence-corrected chi connectivity index (χ1v) is 9.79. The first kappa shape index (κ1) is 18.9. The predicted octanol–water partition coefficient (Wildman–Crippen LogP) is 3.87. The summed E-state index contributed by atoms with van der Waals surface area (Å²) in [4.78, 5) is 12.5. The van der Waals surface area contributed by atoms with Crippen LogP contribution in [-0.2, 0) is 14.3 Å². The molecule has 0 amide bonds. The molecule has 4 nitrogen and oxygen atoms in total. The van der Waals surface area contributed by atoms with E-state index < -0.39 is 5.41 Å². The smallest absolute Gasteiger partial charge is 0.312 e. The maximum atomic E-state index is 12.5. The van der Waals surface area contributed by atoms with Crippen molar-refractivity contribution >= 4 is 5.97 Å². The minimum atomic E-state index is -0.395. The van der Waals surface area contributed by atoms with Crippen molar-refractivity contribution in [2.45, 2.75) is 77.9 Å². The van der Waals surface area contributed by atoms with E-state index in [4.69, 9.17) is 9.47 Å². The number of epoxide rings is 1. The van der Waals surface area contributed by atoms with Crippen molar-refractivity contribution in [1.82, 2.24) is 0 Å². The van der Waals surface area contributed by atoms with E-state index in [1.54, 1.807) is 0 Å². The number of hydrogen-bond acceptors (Lipinski definition) is 4. The lowest BCUT2D eigenvalue weighted by atomic mass is 9.51. The number of aliphatic hydroxyl groups excluding tert-OH is 1. The lowest BCUT2D eigenvalue weighted by Crippen LogP contribution is -2.48. The van der Waals surface area contributed by atoms with Gasteiger partial charge in [-0.1, -0.05) is 25.5 Å². The van der Waals surface area contributed by atoms with Gasteiger partial charge in [-0.25, -0.2) is 0 Å². The summed E-state index contributed by atoms with van der Waals surface area (Å²) in [6, 6.07) is 0. The van der Waals surface area contributed by atoms with E-state index in [1.807, 2.05) is 0 Å². The molecule has 2 aliphatic carbocycles. The van der Waals surface area contributed by atoms with Crippen LogP contribution in [0.1, 0.15) is 66.2 Å². The van der Waals surface area contributed by atoms with Gasteiger partial charge >= 0.3 is 5.97 Å². The third-order valence-electron chi connectivity index (χ3n) is 7.80. The summed E-state index contributed by atoms with van der Waals surface area (Å²) in [5.74, 6) is 0.819. The number of rotatable bonds is 5. The van der Waals surface area contributed by atoms with E-state index in [1.165, 1.54) is 12.7 Å². The van der Waals surface area contributed by atoms with E-state index in [0.29, 0.717) is 5.92 Å². The average Bonchev–Trinajstić information content (AvgIpc) is 3.27. The van der Waals surface area contributed by atoms with Crippen LogP contribution in [0.5, 0.6) is 0 Å². The second-order valence-corrected chi connectivity index (χ2v) is 9.16. The fraction of sp³-hybridized carbons (Fsp3) is 0.857. The summed E-state index contributed by atoms with van der Waals surface area (Å²) in [5.41, 5.74) is 0.988. The minimum Gasteiger partial charge on any atom is -0.469 e. The lowest BCUT2D eigenvalue weighted by Gasteiger charge is -2.53. The number of carbonyl (C=O) groups excluding carboxylic acids is 1. The number of ether oxygens (including phenoxy) is 2. The fourth-order valence-corrected chi connectivity index (χ4v) is 5.43. The summed E-state index contributed by atoms with van der Waals surface area (Å²) in [6.45, 7) is 9.03. The van der Waals surface area contributed by atoms with Crippen LogP contribution in [0.15, 0.2) is 11.6 Å². The Kier molecular flexibility index (Phi) is 4.83. The molecule has 142 valence electrons. The molecule has 1 heterocycles. The molecule has 0 aromatic heterocycles. The molecule has 0 bridgehead atoms. The van der Waals surface area contributed by atoms with Crippen LogP contribution in [0.25, 0.3) is 0 Å². The van der Waals surface area contributed by atoms with Crippen LogP contribution >= 0.6 is 0 Å². The fourth-order valence-electron chi connectivity index (χ4n) is 5.43. The van der Waals surface area contributed by atoms with Crippen molar-refractivity contribution in [3.63, 3.8) is 0 Å². The molecule has 0 aromatic carbocycles. The third-order valence-corrected chi connectivity index (χ3v) is 7.80. The van der Waals surface area contributed by atoms with Crippen LogP contribution in [0, 0.1) is 22.7 Å². The van der Waals surface area contributed by atoms with Crippen LogP contribution < -0.4 is 0 Å².